The van der Waals surface area contributed by atoms with E-state index in [0.717, 1.165) is 22.7 Å². The summed E-state index contributed by atoms with van der Waals surface area (Å²) >= 11 is 0. The van der Waals surface area contributed by atoms with E-state index >= 15 is 0 Å². The summed E-state index contributed by atoms with van der Waals surface area (Å²) in [5.74, 6) is 1.45. The smallest absolute Gasteiger partial charge is 0.180 e. The van der Waals surface area contributed by atoms with Crippen LogP contribution in [0, 0.1) is 0 Å². The van der Waals surface area contributed by atoms with Crippen molar-refractivity contribution in [3.8, 4) is 0 Å². The van der Waals surface area contributed by atoms with Gasteiger partial charge in [0.1, 0.15) is 5.52 Å². The van der Waals surface area contributed by atoms with Crippen LogP contribution in [0.4, 0.5) is 11.6 Å². The first-order valence-electron chi connectivity index (χ1n) is 8.75. The molecule has 140 valence electrons. The summed E-state index contributed by atoms with van der Waals surface area (Å²) in [4.78, 5) is 34.9. The van der Waals surface area contributed by atoms with Crippen LogP contribution in [0.25, 0.3) is 11.2 Å². The van der Waals surface area contributed by atoms with E-state index in [4.69, 9.17) is 9.97 Å². The second kappa shape index (κ2) is 7.87. The van der Waals surface area contributed by atoms with Crippen LogP contribution in [0.3, 0.4) is 0 Å². The molecule has 9 nitrogen and oxygen atoms in total. The van der Waals surface area contributed by atoms with Gasteiger partial charge in [-0.25, -0.2) is 15.0 Å². The SMILES string of the molecule is CN(Cc1cnccn1)c1nc2cccnc2nc1N(C)Cc1cnccn1. The van der Waals surface area contributed by atoms with Gasteiger partial charge in [-0.2, -0.15) is 0 Å². The Labute approximate surface area is 162 Å². The molecule has 0 aliphatic carbocycles. The Morgan fingerprint density at radius 2 is 1.32 bits per heavy atom. The number of anilines is 2. The molecule has 4 aromatic heterocycles. The molecule has 4 aromatic rings. The van der Waals surface area contributed by atoms with Crippen molar-refractivity contribution in [2.75, 3.05) is 23.9 Å². The summed E-state index contributed by atoms with van der Waals surface area (Å²) < 4.78 is 0. The minimum absolute atomic E-state index is 0.548. The molecule has 0 spiro atoms. The highest BCUT2D eigenvalue weighted by molar-refractivity contribution is 5.77. The van der Waals surface area contributed by atoms with Crippen molar-refractivity contribution in [1.29, 1.82) is 0 Å². The van der Waals surface area contributed by atoms with Crippen molar-refractivity contribution in [2.45, 2.75) is 13.1 Å². The first kappa shape index (κ1) is 17.7. The van der Waals surface area contributed by atoms with Gasteiger partial charge in [0.05, 0.1) is 36.9 Å². The highest BCUT2D eigenvalue weighted by Gasteiger charge is 2.18. The van der Waals surface area contributed by atoms with Crippen molar-refractivity contribution >= 4 is 22.8 Å². The van der Waals surface area contributed by atoms with E-state index in [0.29, 0.717) is 24.6 Å². The first-order valence-corrected chi connectivity index (χ1v) is 8.75. The predicted octanol–water partition coefficient (Wildman–Crippen LogP) is 1.88. The Kier molecular flexibility index (Phi) is 4.96. The third-order valence-corrected chi connectivity index (χ3v) is 4.16. The molecule has 0 N–H and O–H groups in total. The molecule has 0 aliphatic rings. The molecule has 0 radical (unpaired) electrons. The lowest BCUT2D eigenvalue weighted by atomic mass is 10.3. The van der Waals surface area contributed by atoms with Crippen LogP contribution >= 0.6 is 0 Å². The number of hydrogen-bond donors (Lipinski definition) is 0. The van der Waals surface area contributed by atoms with Crippen LogP contribution in [0.15, 0.2) is 55.5 Å². The van der Waals surface area contributed by atoms with E-state index in [9.17, 15) is 0 Å². The van der Waals surface area contributed by atoms with Crippen molar-refractivity contribution in [2.24, 2.45) is 0 Å². The molecule has 0 saturated carbocycles. The average Bonchev–Trinajstić information content (AvgIpc) is 2.74. The van der Waals surface area contributed by atoms with Gasteiger partial charge >= 0.3 is 0 Å². The van der Waals surface area contributed by atoms with Gasteiger partial charge in [0.2, 0.25) is 0 Å². The monoisotopic (exact) mass is 373 g/mol. The van der Waals surface area contributed by atoms with Crippen LogP contribution in [-0.4, -0.2) is 49.0 Å². The minimum atomic E-state index is 0.548. The van der Waals surface area contributed by atoms with Crippen LogP contribution in [0.1, 0.15) is 11.4 Å². The molecule has 0 amide bonds. The third-order valence-electron chi connectivity index (χ3n) is 4.16. The second-order valence-corrected chi connectivity index (χ2v) is 6.32. The molecule has 28 heavy (non-hydrogen) atoms. The molecule has 0 fully saturated rings. The summed E-state index contributed by atoms with van der Waals surface area (Å²) in [6.07, 6.45) is 11.9. The highest BCUT2D eigenvalue weighted by Crippen LogP contribution is 2.27. The molecular weight excluding hydrogens is 354 g/mol. The number of aromatic nitrogens is 7. The fourth-order valence-electron chi connectivity index (χ4n) is 2.85. The molecule has 4 rings (SSSR count). The van der Waals surface area contributed by atoms with Crippen LogP contribution in [-0.2, 0) is 13.1 Å². The van der Waals surface area contributed by atoms with Gasteiger partial charge in [0.25, 0.3) is 0 Å². The fraction of sp³-hybridized carbons (Fsp3) is 0.211. The zero-order valence-corrected chi connectivity index (χ0v) is 15.6. The Balaban J connectivity index is 1.71. The Morgan fingerprint density at radius 3 is 1.89 bits per heavy atom. The quantitative estimate of drug-likeness (QED) is 0.502. The number of rotatable bonds is 6. The van der Waals surface area contributed by atoms with Crippen molar-refractivity contribution in [3.63, 3.8) is 0 Å². The maximum atomic E-state index is 4.81. The zero-order chi connectivity index (χ0) is 19.3. The summed E-state index contributed by atoms with van der Waals surface area (Å²) in [6.45, 7) is 1.10. The summed E-state index contributed by atoms with van der Waals surface area (Å²) in [5, 5.41) is 0. The van der Waals surface area contributed by atoms with Gasteiger partial charge in [-0.05, 0) is 12.1 Å². The third kappa shape index (κ3) is 3.83. The van der Waals surface area contributed by atoms with Crippen molar-refractivity contribution in [1.82, 2.24) is 34.9 Å². The van der Waals surface area contributed by atoms with Crippen molar-refractivity contribution < 1.29 is 0 Å². The lowest BCUT2D eigenvalue weighted by molar-refractivity contribution is 0.820. The van der Waals surface area contributed by atoms with Crippen LogP contribution < -0.4 is 9.80 Å². The Bertz CT molecular complexity index is 971. The van der Waals surface area contributed by atoms with Crippen molar-refractivity contribution in [3.05, 3.63) is 66.9 Å². The van der Waals surface area contributed by atoms with E-state index in [1.54, 1.807) is 43.4 Å². The minimum Gasteiger partial charge on any atom is -0.351 e. The molecular formula is C19H19N9. The van der Waals surface area contributed by atoms with Crippen LogP contribution in [0.5, 0.6) is 0 Å². The van der Waals surface area contributed by atoms with E-state index in [1.165, 1.54) is 0 Å². The molecule has 0 bridgehead atoms. The molecule has 4 heterocycles. The topological polar surface area (TPSA) is 96.7 Å². The molecule has 0 saturated heterocycles. The van der Waals surface area contributed by atoms with Gasteiger partial charge in [-0.3, -0.25) is 19.9 Å². The summed E-state index contributed by atoms with van der Waals surface area (Å²) in [7, 11) is 3.91. The molecule has 0 atom stereocenters. The van der Waals surface area contributed by atoms with Gasteiger partial charge in [0.15, 0.2) is 17.3 Å². The number of hydrogen-bond acceptors (Lipinski definition) is 9. The van der Waals surface area contributed by atoms with Gasteiger partial charge in [0, 0.05) is 45.1 Å². The summed E-state index contributed by atoms with van der Waals surface area (Å²) in [6, 6.07) is 3.76. The molecule has 0 aromatic carbocycles. The average molecular weight is 373 g/mol. The van der Waals surface area contributed by atoms with E-state index in [-0.39, 0.29) is 0 Å². The standard InChI is InChI=1S/C19H19N9/c1-27(12-14-10-20-6-8-22-14)18-19(26-17-16(25-18)4-3-5-24-17)28(2)13-15-11-21-7-9-23-15/h3-11H,12-13H2,1-2H3. The second-order valence-electron chi connectivity index (χ2n) is 6.32. The molecule has 9 heteroatoms. The number of fused-ring (bicyclic) bond motifs is 1. The van der Waals surface area contributed by atoms with E-state index < -0.39 is 0 Å². The molecule has 0 unspecified atom stereocenters. The maximum absolute atomic E-state index is 4.81. The largest absolute Gasteiger partial charge is 0.351 e. The first-order chi connectivity index (χ1) is 13.7. The van der Waals surface area contributed by atoms with Gasteiger partial charge in [-0.15, -0.1) is 0 Å². The summed E-state index contributed by atoms with van der Waals surface area (Å²) in [5.41, 5.74) is 3.02. The lowest BCUT2D eigenvalue weighted by Gasteiger charge is -2.25. The lowest BCUT2D eigenvalue weighted by Crippen LogP contribution is -2.26. The maximum Gasteiger partial charge on any atom is 0.180 e. The number of nitrogens with zero attached hydrogens (tertiary/aromatic N) is 9. The number of pyridine rings is 1. The normalized spacial score (nSPS) is 10.8. The zero-order valence-electron chi connectivity index (χ0n) is 15.6. The fourth-order valence-corrected chi connectivity index (χ4v) is 2.85. The Hall–Kier alpha value is -3.75. The Morgan fingerprint density at radius 1 is 0.714 bits per heavy atom. The van der Waals surface area contributed by atoms with Crippen LogP contribution in [0.2, 0.25) is 0 Å². The van der Waals surface area contributed by atoms with Gasteiger partial charge in [-0.1, -0.05) is 0 Å². The highest BCUT2D eigenvalue weighted by atomic mass is 15.3. The predicted molar refractivity (Wildman–Crippen MR) is 106 cm³/mol. The van der Waals surface area contributed by atoms with E-state index in [2.05, 4.69) is 24.9 Å². The molecule has 0 aliphatic heterocycles. The van der Waals surface area contributed by atoms with E-state index in [1.807, 2.05) is 36.0 Å². The van der Waals surface area contributed by atoms with Gasteiger partial charge < -0.3 is 9.80 Å².